The average Bonchev–Trinajstić information content (AvgIpc) is 2.74. The molecule has 0 unspecified atom stereocenters. The van der Waals surface area contributed by atoms with Gasteiger partial charge in [-0.05, 0) is 38.1 Å². The van der Waals surface area contributed by atoms with E-state index in [-0.39, 0.29) is 29.6 Å². The normalized spacial score (nSPS) is 19.4. The van der Waals surface area contributed by atoms with Gasteiger partial charge in [-0.25, -0.2) is 8.42 Å². The third-order valence-electron chi connectivity index (χ3n) is 5.39. The highest BCUT2D eigenvalue weighted by molar-refractivity contribution is 7.89. The molecule has 2 heterocycles. The minimum Gasteiger partial charge on any atom is -0.497 e. The van der Waals surface area contributed by atoms with Crippen molar-refractivity contribution in [1.82, 2.24) is 14.1 Å². The maximum Gasteiger partial charge on any atom is 0.247 e. The summed E-state index contributed by atoms with van der Waals surface area (Å²) in [4.78, 5) is 16.6. The third kappa shape index (κ3) is 4.59. The zero-order chi connectivity index (χ0) is 20.1. The van der Waals surface area contributed by atoms with E-state index >= 15 is 0 Å². The summed E-state index contributed by atoms with van der Waals surface area (Å²) in [6, 6.07) is 4.72. The van der Waals surface area contributed by atoms with Gasteiger partial charge in [0.2, 0.25) is 15.9 Å². The summed E-state index contributed by atoms with van der Waals surface area (Å²) in [5.74, 6) is 0.817. The van der Waals surface area contributed by atoms with E-state index in [0.29, 0.717) is 25.4 Å². The molecule has 2 aliphatic rings. The number of likely N-dealkylation sites (tertiary alicyclic amines) is 1. The Balaban J connectivity index is 1.64. The number of rotatable bonds is 6. The molecule has 8 nitrogen and oxygen atoms in total. The lowest BCUT2D eigenvalue weighted by Crippen LogP contribution is -2.52. The molecular formula is C19H29N3O5S. The van der Waals surface area contributed by atoms with Crippen LogP contribution in [0.15, 0.2) is 23.1 Å². The molecule has 156 valence electrons. The zero-order valence-corrected chi connectivity index (χ0v) is 17.4. The summed E-state index contributed by atoms with van der Waals surface area (Å²) in [6.07, 6.45) is 3.51. The van der Waals surface area contributed by atoms with Crippen LogP contribution in [0.3, 0.4) is 0 Å². The lowest BCUT2D eigenvalue weighted by molar-refractivity contribution is -0.133. The first-order valence-corrected chi connectivity index (χ1v) is 11.1. The second-order valence-corrected chi connectivity index (χ2v) is 9.04. The van der Waals surface area contributed by atoms with Crippen LogP contribution in [0.4, 0.5) is 0 Å². The van der Waals surface area contributed by atoms with Gasteiger partial charge in [-0.1, -0.05) is 6.42 Å². The van der Waals surface area contributed by atoms with Gasteiger partial charge in [0.25, 0.3) is 0 Å². The van der Waals surface area contributed by atoms with E-state index < -0.39 is 10.0 Å². The van der Waals surface area contributed by atoms with E-state index in [1.807, 2.05) is 0 Å². The van der Waals surface area contributed by atoms with E-state index in [2.05, 4.69) is 4.90 Å². The maximum absolute atomic E-state index is 13.1. The Bertz CT molecular complexity index is 785. The molecule has 2 saturated heterocycles. The lowest BCUT2D eigenvalue weighted by atomic mass is 10.1. The molecule has 0 bridgehead atoms. The molecule has 1 aromatic rings. The molecule has 3 rings (SSSR count). The molecular weight excluding hydrogens is 382 g/mol. The highest BCUT2D eigenvalue weighted by atomic mass is 32.2. The maximum atomic E-state index is 13.1. The molecule has 0 aliphatic carbocycles. The van der Waals surface area contributed by atoms with Crippen LogP contribution < -0.4 is 9.47 Å². The summed E-state index contributed by atoms with van der Waals surface area (Å²) >= 11 is 0. The first-order valence-electron chi connectivity index (χ1n) is 9.68. The summed E-state index contributed by atoms with van der Waals surface area (Å²) in [6.45, 7) is 3.71. The number of benzene rings is 1. The van der Waals surface area contributed by atoms with Crippen LogP contribution in [-0.4, -0.2) is 88.5 Å². The van der Waals surface area contributed by atoms with Crippen molar-refractivity contribution < 1.29 is 22.7 Å². The molecule has 1 amide bonds. The fourth-order valence-corrected chi connectivity index (χ4v) is 5.30. The Morgan fingerprint density at radius 2 is 1.64 bits per heavy atom. The number of methoxy groups -OCH3 is 2. The van der Waals surface area contributed by atoms with Gasteiger partial charge in [0.05, 0.1) is 20.8 Å². The van der Waals surface area contributed by atoms with Gasteiger partial charge >= 0.3 is 0 Å². The van der Waals surface area contributed by atoms with Crippen LogP contribution in [0.2, 0.25) is 0 Å². The topological polar surface area (TPSA) is 79.4 Å². The second-order valence-electron chi connectivity index (χ2n) is 7.14. The number of carbonyl (C=O) groups excluding carboxylic acids is 1. The fraction of sp³-hybridized carbons (Fsp3) is 0.632. The molecule has 0 radical (unpaired) electrons. The molecule has 1 aromatic carbocycles. The fourth-order valence-electron chi connectivity index (χ4n) is 3.71. The van der Waals surface area contributed by atoms with Crippen molar-refractivity contribution in [2.75, 3.05) is 60.0 Å². The van der Waals surface area contributed by atoms with Crippen molar-refractivity contribution in [3.63, 3.8) is 0 Å². The van der Waals surface area contributed by atoms with Crippen LogP contribution in [0, 0.1) is 0 Å². The number of carbonyl (C=O) groups is 1. The highest BCUT2D eigenvalue weighted by Gasteiger charge is 2.32. The summed E-state index contributed by atoms with van der Waals surface area (Å²) in [5.41, 5.74) is 0. The second kappa shape index (κ2) is 9.11. The predicted molar refractivity (Wildman–Crippen MR) is 105 cm³/mol. The minimum atomic E-state index is -3.73. The number of hydrogen-bond acceptors (Lipinski definition) is 6. The predicted octanol–water partition coefficient (Wildman–Crippen LogP) is 1.02. The monoisotopic (exact) mass is 411 g/mol. The van der Waals surface area contributed by atoms with Gasteiger partial charge < -0.3 is 14.4 Å². The van der Waals surface area contributed by atoms with Gasteiger partial charge in [0, 0.05) is 32.2 Å². The van der Waals surface area contributed by atoms with Gasteiger partial charge in [0.1, 0.15) is 16.4 Å². The van der Waals surface area contributed by atoms with Crippen LogP contribution in [0.25, 0.3) is 0 Å². The van der Waals surface area contributed by atoms with Crippen LogP contribution in [-0.2, 0) is 14.8 Å². The number of piperazine rings is 1. The van der Waals surface area contributed by atoms with E-state index in [4.69, 9.17) is 9.47 Å². The summed E-state index contributed by atoms with van der Waals surface area (Å²) < 4.78 is 38.0. The molecule has 2 aliphatic heterocycles. The van der Waals surface area contributed by atoms with Crippen LogP contribution in [0.5, 0.6) is 11.5 Å². The van der Waals surface area contributed by atoms with Gasteiger partial charge in [-0.2, -0.15) is 4.31 Å². The molecule has 0 spiro atoms. The Kier molecular flexibility index (Phi) is 6.79. The Labute approximate surface area is 167 Å². The van der Waals surface area contributed by atoms with E-state index in [1.165, 1.54) is 31.0 Å². The summed E-state index contributed by atoms with van der Waals surface area (Å²) in [5, 5.41) is 0. The van der Waals surface area contributed by atoms with Gasteiger partial charge in [0.15, 0.2) is 0 Å². The van der Waals surface area contributed by atoms with E-state index in [0.717, 1.165) is 25.9 Å². The van der Waals surface area contributed by atoms with Gasteiger partial charge in [-0.3, -0.25) is 9.69 Å². The molecule has 0 aromatic heterocycles. The molecule has 2 fully saturated rings. The standard InChI is InChI=1S/C19H29N3O5S/c1-26-16-6-7-17(27-2)18(14-16)28(24,25)22-12-10-21(11-13-22)19(23)15-20-8-4-3-5-9-20/h6-7,14H,3-5,8-13,15H2,1-2H3. The van der Waals surface area contributed by atoms with Crippen molar-refractivity contribution in [2.24, 2.45) is 0 Å². The number of hydrogen-bond donors (Lipinski definition) is 0. The van der Waals surface area contributed by atoms with Crippen LogP contribution in [0.1, 0.15) is 19.3 Å². The first-order chi connectivity index (χ1) is 13.5. The molecule has 0 saturated carbocycles. The highest BCUT2D eigenvalue weighted by Crippen LogP contribution is 2.31. The number of amides is 1. The zero-order valence-electron chi connectivity index (χ0n) is 16.6. The molecule has 9 heteroatoms. The summed E-state index contributed by atoms with van der Waals surface area (Å²) in [7, 11) is -0.800. The number of piperidine rings is 1. The largest absolute Gasteiger partial charge is 0.497 e. The SMILES string of the molecule is COc1ccc(OC)c(S(=O)(=O)N2CCN(C(=O)CN3CCCCC3)CC2)c1. The van der Waals surface area contributed by atoms with Crippen LogP contribution >= 0.6 is 0 Å². The van der Waals surface area contributed by atoms with Crippen molar-refractivity contribution in [3.05, 3.63) is 18.2 Å². The van der Waals surface area contributed by atoms with Crippen molar-refractivity contribution in [1.29, 1.82) is 0 Å². The lowest BCUT2D eigenvalue weighted by Gasteiger charge is -2.36. The van der Waals surface area contributed by atoms with Crippen molar-refractivity contribution >= 4 is 15.9 Å². The third-order valence-corrected chi connectivity index (χ3v) is 7.31. The smallest absolute Gasteiger partial charge is 0.247 e. The first kappa shape index (κ1) is 20.9. The number of nitrogens with zero attached hydrogens (tertiary/aromatic N) is 3. The Morgan fingerprint density at radius 1 is 0.964 bits per heavy atom. The van der Waals surface area contributed by atoms with Crippen molar-refractivity contribution in [3.8, 4) is 11.5 Å². The minimum absolute atomic E-state index is 0.0814. The van der Waals surface area contributed by atoms with E-state index in [1.54, 1.807) is 17.0 Å². The number of ether oxygens (including phenoxy) is 2. The number of sulfonamides is 1. The molecule has 28 heavy (non-hydrogen) atoms. The average molecular weight is 412 g/mol. The molecule has 0 atom stereocenters. The molecule has 0 N–H and O–H groups in total. The Morgan fingerprint density at radius 3 is 2.25 bits per heavy atom. The Hall–Kier alpha value is -1.84. The van der Waals surface area contributed by atoms with E-state index in [9.17, 15) is 13.2 Å². The van der Waals surface area contributed by atoms with Gasteiger partial charge in [-0.15, -0.1) is 0 Å². The quantitative estimate of drug-likeness (QED) is 0.696. The van der Waals surface area contributed by atoms with Crippen molar-refractivity contribution in [2.45, 2.75) is 24.2 Å².